The van der Waals surface area contributed by atoms with Crippen molar-refractivity contribution in [2.24, 2.45) is 5.16 Å². The number of anilines is 1. The molecule has 0 aromatic heterocycles. The van der Waals surface area contributed by atoms with Gasteiger partial charge in [-0.15, -0.1) is 0 Å². The average molecular weight is 232 g/mol. The second-order valence-corrected chi connectivity index (χ2v) is 3.35. The number of hydrogen-bond donors (Lipinski definition) is 1. The van der Waals surface area contributed by atoms with Gasteiger partial charge in [0.1, 0.15) is 0 Å². The van der Waals surface area contributed by atoms with Gasteiger partial charge in [-0.3, -0.25) is 9.59 Å². The number of amides is 1. The number of ketones is 1. The molecule has 0 saturated heterocycles. The molecule has 2 rings (SSSR count). The zero-order valence-corrected chi connectivity index (χ0v) is 8.89. The van der Waals surface area contributed by atoms with E-state index in [0.717, 1.165) is 6.92 Å². The molecule has 1 amide bonds. The lowest BCUT2D eigenvalue weighted by atomic mass is 10.0. The normalized spacial score (nSPS) is 16.4. The summed E-state index contributed by atoms with van der Waals surface area (Å²) in [7, 11) is 0. The Balaban J connectivity index is 2.40. The fraction of sp³-hybridized carbons (Fsp3) is 0.0909. The molecule has 6 nitrogen and oxygen atoms in total. The van der Waals surface area contributed by atoms with E-state index in [0.29, 0.717) is 11.3 Å². The number of nitrogens with zero attached hydrogens (tertiary/aromatic N) is 1. The van der Waals surface area contributed by atoms with Crippen molar-refractivity contribution >= 4 is 29.1 Å². The number of oxime groups is 1. The molecule has 0 atom stereocenters. The number of fused-ring (bicyclic) bond motifs is 1. The second kappa shape index (κ2) is 4.17. The molecule has 17 heavy (non-hydrogen) atoms. The van der Waals surface area contributed by atoms with E-state index in [1.54, 1.807) is 24.3 Å². The molecule has 1 N–H and O–H groups in total. The van der Waals surface area contributed by atoms with Crippen LogP contribution in [0.4, 0.5) is 5.69 Å². The van der Waals surface area contributed by atoms with Gasteiger partial charge in [-0.2, -0.15) is 0 Å². The number of hydrogen-bond acceptors (Lipinski definition) is 5. The molecule has 0 fully saturated rings. The minimum absolute atomic E-state index is 0.318. The van der Waals surface area contributed by atoms with Gasteiger partial charge >= 0.3 is 5.97 Å². The summed E-state index contributed by atoms with van der Waals surface area (Å²) >= 11 is 0. The maximum Gasteiger partial charge on any atom is 0.332 e. The Kier molecular flexibility index (Phi) is 2.70. The number of para-hydroxylation sites is 1. The van der Waals surface area contributed by atoms with Crippen LogP contribution in [0.2, 0.25) is 0 Å². The SMILES string of the molecule is CC(=O)ON=C1C(=O)Nc2ccccc2C1=O. The Morgan fingerprint density at radius 1 is 1.29 bits per heavy atom. The standard InChI is InChI=1S/C11H8N2O4/c1-6(14)17-13-9-10(15)7-4-2-3-5-8(7)12-11(9)16/h2-5H,1H3,(H,12,16). The van der Waals surface area contributed by atoms with Gasteiger partial charge in [-0.05, 0) is 12.1 Å². The maximum absolute atomic E-state index is 11.9. The third-order valence-corrected chi connectivity index (χ3v) is 2.12. The van der Waals surface area contributed by atoms with Crippen LogP contribution in [0.25, 0.3) is 0 Å². The van der Waals surface area contributed by atoms with Crippen LogP contribution in [0.3, 0.4) is 0 Å². The van der Waals surface area contributed by atoms with Gasteiger partial charge in [0.2, 0.25) is 11.5 Å². The van der Waals surface area contributed by atoms with E-state index < -0.39 is 23.4 Å². The Morgan fingerprint density at radius 2 is 2.00 bits per heavy atom. The van der Waals surface area contributed by atoms with Gasteiger partial charge < -0.3 is 10.2 Å². The van der Waals surface area contributed by atoms with E-state index in [2.05, 4.69) is 15.3 Å². The van der Waals surface area contributed by atoms with Gasteiger partial charge in [-0.25, -0.2) is 4.79 Å². The summed E-state index contributed by atoms with van der Waals surface area (Å²) < 4.78 is 0. The molecule has 1 heterocycles. The summed E-state index contributed by atoms with van der Waals surface area (Å²) in [5, 5.41) is 5.73. The van der Waals surface area contributed by atoms with E-state index in [1.807, 2.05) is 0 Å². The first-order valence-corrected chi connectivity index (χ1v) is 4.80. The number of Topliss-reactive ketones (excluding diaryl/α,β-unsaturated/α-hetero) is 1. The van der Waals surface area contributed by atoms with Crippen LogP contribution in [0.15, 0.2) is 29.4 Å². The molecule has 1 aromatic carbocycles. The Labute approximate surface area is 96.2 Å². The topological polar surface area (TPSA) is 84.8 Å². The highest BCUT2D eigenvalue weighted by Gasteiger charge is 2.30. The van der Waals surface area contributed by atoms with Crippen molar-refractivity contribution in [2.75, 3.05) is 5.32 Å². The second-order valence-electron chi connectivity index (χ2n) is 3.35. The minimum atomic E-state index is -0.697. The predicted molar refractivity (Wildman–Crippen MR) is 58.6 cm³/mol. The maximum atomic E-state index is 11.9. The lowest BCUT2D eigenvalue weighted by Crippen LogP contribution is -2.36. The van der Waals surface area contributed by atoms with Gasteiger partial charge in [0.15, 0.2) is 0 Å². The molecule has 1 aromatic rings. The number of carbonyl (C=O) groups is 3. The molecule has 1 aliphatic heterocycles. The van der Waals surface area contributed by atoms with Crippen molar-refractivity contribution in [1.82, 2.24) is 0 Å². The van der Waals surface area contributed by atoms with Crippen molar-refractivity contribution < 1.29 is 19.2 Å². The highest BCUT2D eigenvalue weighted by Crippen LogP contribution is 2.20. The zero-order valence-electron chi connectivity index (χ0n) is 8.89. The Bertz CT molecular complexity index is 548. The molecule has 1 aliphatic rings. The summed E-state index contributed by atoms with van der Waals surface area (Å²) in [5.41, 5.74) is 0.307. The largest absolute Gasteiger partial charge is 0.332 e. The summed E-state index contributed by atoms with van der Waals surface area (Å²) in [6, 6.07) is 6.52. The number of rotatable bonds is 1. The first-order valence-electron chi connectivity index (χ1n) is 4.80. The van der Waals surface area contributed by atoms with Crippen LogP contribution in [-0.2, 0) is 14.4 Å². The van der Waals surface area contributed by atoms with Crippen LogP contribution in [0.5, 0.6) is 0 Å². The molecule has 0 unspecified atom stereocenters. The molecule has 0 saturated carbocycles. The van der Waals surface area contributed by atoms with Crippen LogP contribution in [-0.4, -0.2) is 23.4 Å². The van der Waals surface area contributed by atoms with Gasteiger partial charge in [0.05, 0.1) is 5.69 Å². The highest BCUT2D eigenvalue weighted by molar-refractivity contribution is 6.72. The summed E-state index contributed by atoms with van der Waals surface area (Å²) in [4.78, 5) is 38.3. The smallest absolute Gasteiger partial charge is 0.320 e. The van der Waals surface area contributed by atoms with Gasteiger partial charge in [0, 0.05) is 12.5 Å². The van der Waals surface area contributed by atoms with E-state index >= 15 is 0 Å². The van der Waals surface area contributed by atoms with Crippen molar-refractivity contribution in [3.8, 4) is 0 Å². The fourth-order valence-corrected chi connectivity index (χ4v) is 1.40. The zero-order chi connectivity index (χ0) is 12.4. The molecule has 86 valence electrons. The van der Waals surface area contributed by atoms with Crippen molar-refractivity contribution in [2.45, 2.75) is 6.92 Å². The molecule has 0 aliphatic carbocycles. The molecule has 6 heteroatoms. The van der Waals surface area contributed by atoms with Crippen LogP contribution >= 0.6 is 0 Å². The third-order valence-electron chi connectivity index (χ3n) is 2.12. The molecule has 0 radical (unpaired) electrons. The molecule has 0 bridgehead atoms. The van der Waals surface area contributed by atoms with Crippen LogP contribution < -0.4 is 5.32 Å². The van der Waals surface area contributed by atoms with Crippen molar-refractivity contribution in [3.05, 3.63) is 29.8 Å². The Morgan fingerprint density at radius 3 is 2.71 bits per heavy atom. The first-order chi connectivity index (χ1) is 8.09. The summed E-state index contributed by atoms with van der Waals surface area (Å²) in [5.74, 6) is -1.95. The average Bonchev–Trinajstić information content (AvgIpc) is 2.28. The Hall–Kier alpha value is -2.50. The van der Waals surface area contributed by atoms with Crippen LogP contribution in [0.1, 0.15) is 17.3 Å². The van der Waals surface area contributed by atoms with E-state index in [-0.39, 0.29) is 0 Å². The minimum Gasteiger partial charge on any atom is -0.320 e. The van der Waals surface area contributed by atoms with E-state index in [4.69, 9.17) is 0 Å². The van der Waals surface area contributed by atoms with E-state index in [9.17, 15) is 14.4 Å². The summed E-state index contributed by atoms with van der Waals surface area (Å²) in [6.45, 7) is 1.13. The number of carbonyl (C=O) groups excluding carboxylic acids is 3. The quantitative estimate of drug-likeness (QED) is 0.571. The first kappa shape index (κ1) is 11.0. The monoisotopic (exact) mass is 232 g/mol. The van der Waals surface area contributed by atoms with Crippen molar-refractivity contribution in [1.29, 1.82) is 0 Å². The van der Waals surface area contributed by atoms with Crippen LogP contribution in [0, 0.1) is 0 Å². The van der Waals surface area contributed by atoms with Crippen molar-refractivity contribution in [3.63, 3.8) is 0 Å². The summed E-state index contributed by atoms with van der Waals surface area (Å²) in [6.07, 6.45) is 0. The van der Waals surface area contributed by atoms with Gasteiger partial charge in [-0.1, -0.05) is 17.3 Å². The lowest BCUT2D eigenvalue weighted by molar-refractivity contribution is -0.140. The highest BCUT2D eigenvalue weighted by atomic mass is 16.7. The third kappa shape index (κ3) is 2.05. The number of benzene rings is 1. The predicted octanol–water partition coefficient (Wildman–Crippen LogP) is 0.741. The fourth-order valence-electron chi connectivity index (χ4n) is 1.40. The molecular formula is C11H8N2O4. The molecule has 0 spiro atoms. The number of nitrogens with one attached hydrogen (secondary N) is 1. The van der Waals surface area contributed by atoms with Gasteiger partial charge in [0.25, 0.3) is 5.91 Å². The molecular weight excluding hydrogens is 224 g/mol. The lowest BCUT2D eigenvalue weighted by Gasteiger charge is -2.15. The van der Waals surface area contributed by atoms with E-state index in [1.165, 1.54) is 0 Å².